The zero-order chi connectivity index (χ0) is 12.3. The molecule has 0 bridgehead atoms. The van der Waals surface area contributed by atoms with Crippen LogP contribution in [0.4, 0.5) is 0 Å². The van der Waals surface area contributed by atoms with Crippen molar-refractivity contribution in [3.8, 4) is 9.89 Å². The molecule has 0 saturated carbocycles. The molecule has 0 aliphatic rings. The first kappa shape index (κ1) is 12.5. The van der Waals surface area contributed by atoms with E-state index >= 15 is 0 Å². The van der Waals surface area contributed by atoms with Gasteiger partial charge in [-0.1, -0.05) is 0 Å². The van der Waals surface area contributed by atoms with E-state index in [-0.39, 0.29) is 5.41 Å². The molecule has 1 heteroatoms. The van der Waals surface area contributed by atoms with E-state index in [2.05, 4.69) is 73.1 Å². The molecule has 86 valence electrons. The van der Waals surface area contributed by atoms with Crippen molar-refractivity contribution in [3.05, 3.63) is 42.5 Å². The van der Waals surface area contributed by atoms with Crippen molar-refractivity contribution >= 4 is 35.3 Å². The first-order valence-corrected chi connectivity index (χ1v) is 8.06. The van der Waals surface area contributed by atoms with E-state index < -0.39 is 20.9 Å². The van der Waals surface area contributed by atoms with Crippen molar-refractivity contribution < 1.29 is 0 Å². The number of hydrogen-bond acceptors (Lipinski definition) is 0. The van der Waals surface area contributed by atoms with Gasteiger partial charge in [0.2, 0.25) is 0 Å². The molecule has 0 saturated heterocycles. The van der Waals surface area contributed by atoms with Crippen LogP contribution in [0.1, 0.15) is 20.8 Å². The average molecular weight is 336 g/mol. The van der Waals surface area contributed by atoms with Gasteiger partial charge < -0.3 is 0 Å². The quantitative estimate of drug-likeness (QED) is 0.554. The van der Waals surface area contributed by atoms with Crippen LogP contribution >= 0.6 is 0 Å². The zero-order valence-electron chi connectivity index (χ0n) is 10.4. The van der Waals surface area contributed by atoms with Gasteiger partial charge in [-0.15, -0.1) is 0 Å². The normalized spacial score (nSPS) is 11.0. The molecule has 0 unspecified atom stereocenters. The van der Waals surface area contributed by atoms with Gasteiger partial charge in [0, 0.05) is 0 Å². The van der Waals surface area contributed by atoms with Crippen LogP contribution in [0.15, 0.2) is 42.5 Å². The van der Waals surface area contributed by atoms with Gasteiger partial charge in [-0.25, -0.2) is 0 Å². The summed E-state index contributed by atoms with van der Waals surface area (Å²) in [5.74, 6) is 3.34. The van der Waals surface area contributed by atoms with Gasteiger partial charge in [-0.2, -0.15) is 0 Å². The van der Waals surface area contributed by atoms with E-state index in [1.807, 2.05) is 0 Å². The molecule has 0 heterocycles. The van der Waals surface area contributed by atoms with E-state index in [0.29, 0.717) is 0 Å². The fraction of sp³-hybridized carbons (Fsp3) is 0.250. The van der Waals surface area contributed by atoms with Crippen LogP contribution in [-0.4, -0.2) is 20.9 Å². The number of benzene rings is 2. The summed E-state index contributed by atoms with van der Waals surface area (Å²) in [5.41, 5.74) is 0.120. The molecule has 2 aromatic rings. The van der Waals surface area contributed by atoms with Crippen LogP contribution < -0.4 is 3.61 Å². The van der Waals surface area contributed by atoms with Crippen LogP contribution in [0.2, 0.25) is 0 Å². The Morgan fingerprint density at radius 1 is 0.941 bits per heavy atom. The molecular weight excluding hydrogens is 320 g/mol. The second kappa shape index (κ2) is 5.14. The Morgan fingerprint density at radius 3 is 2.41 bits per heavy atom. The van der Waals surface area contributed by atoms with Crippen molar-refractivity contribution in [2.24, 2.45) is 5.41 Å². The Balaban J connectivity index is 2.33. The summed E-state index contributed by atoms with van der Waals surface area (Å²) < 4.78 is 4.86. The summed E-state index contributed by atoms with van der Waals surface area (Å²) in [4.78, 5) is 0. The Labute approximate surface area is 114 Å². The Bertz CT molecular complexity index is 574. The summed E-state index contributed by atoms with van der Waals surface area (Å²) >= 11 is -0.391. The van der Waals surface area contributed by atoms with Gasteiger partial charge in [0.15, 0.2) is 0 Å². The second-order valence-electron chi connectivity index (χ2n) is 5.06. The summed E-state index contributed by atoms with van der Waals surface area (Å²) in [5, 5.41) is 2.70. The molecule has 0 spiro atoms. The van der Waals surface area contributed by atoms with Crippen molar-refractivity contribution in [2.45, 2.75) is 20.8 Å². The van der Waals surface area contributed by atoms with Gasteiger partial charge in [0.05, 0.1) is 0 Å². The average Bonchev–Trinajstić information content (AvgIpc) is 2.28. The molecule has 0 fully saturated rings. The van der Waals surface area contributed by atoms with Crippen LogP contribution in [0, 0.1) is 15.3 Å². The molecule has 2 aromatic carbocycles. The Hall–Kier alpha value is -0.950. The van der Waals surface area contributed by atoms with Crippen LogP contribution in [0.3, 0.4) is 0 Å². The van der Waals surface area contributed by atoms with Gasteiger partial charge in [-0.05, 0) is 0 Å². The van der Waals surface area contributed by atoms with Gasteiger partial charge in [-0.3, -0.25) is 0 Å². The Morgan fingerprint density at radius 2 is 1.65 bits per heavy atom. The van der Waals surface area contributed by atoms with Crippen molar-refractivity contribution in [1.82, 2.24) is 0 Å². The third-order valence-corrected chi connectivity index (χ3v) is 4.56. The monoisotopic (exact) mass is 338 g/mol. The van der Waals surface area contributed by atoms with Crippen molar-refractivity contribution in [2.75, 3.05) is 0 Å². The fourth-order valence-electron chi connectivity index (χ4n) is 1.52. The van der Waals surface area contributed by atoms with Gasteiger partial charge in [0.1, 0.15) is 0 Å². The van der Waals surface area contributed by atoms with Crippen LogP contribution in [-0.2, 0) is 0 Å². The van der Waals surface area contributed by atoms with Crippen LogP contribution in [0.5, 0.6) is 0 Å². The molecular formula is C16H16Te. The molecule has 0 aromatic heterocycles. The molecule has 0 aliphatic heterocycles. The third-order valence-electron chi connectivity index (χ3n) is 2.34. The topological polar surface area (TPSA) is 0 Å². The first-order valence-electron chi connectivity index (χ1n) is 5.73. The van der Waals surface area contributed by atoms with Gasteiger partial charge in [0.25, 0.3) is 0 Å². The molecule has 17 heavy (non-hydrogen) atoms. The number of rotatable bonds is 1. The van der Waals surface area contributed by atoms with E-state index in [1.165, 1.54) is 14.4 Å². The van der Waals surface area contributed by atoms with Gasteiger partial charge >= 0.3 is 114 Å². The fourth-order valence-corrected chi connectivity index (χ4v) is 4.11. The molecule has 0 nitrogen and oxygen atoms in total. The third kappa shape index (κ3) is 3.50. The first-order chi connectivity index (χ1) is 8.06. The predicted molar refractivity (Wildman–Crippen MR) is 76.6 cm³/mol. The summed E-state index contributed by atoms with van der Waals surface area (Å²) in [6.07, 6.45) is 0. The molecule has 2 rings (SSSR count). The van der Waals surface area contributed by atoms with E-state index in [9.17, 15) is 0 Å². The summed E-state index contributed by atoms with van der Waals surface area (Å²) in [7, 11) is 0. The molecule has 0 radical (unpaired) electrons. The minimum absolute atomic E-state index is 0.120. The van der Waals surface area contributed by atoms with E-state index in [0.717, 1.165) is 0 Å². The summed E-state index contributed by atoms with van der Waals surface area (Å²) in [6.45, 7) is 6.49. The molecule has 0 amide bonds. The van der Waals surface area contributed by atoms with Crippen molar-refractivity contribution in [1.29, 1.82) is 0 Å². The molecule has 0 N–H and O–H groups in total. The van der Waals surface area contributed by atoms with E-state index in [4.69, 9.17) is 0 Å². The van der Waals surface area contributed by atoms with Crippen molar-refractivity contribution in [3.63, 3.8) is 0 Å². The van der Waals surface area contributed by atoms with Crippen LogP contribution in [0.25, 0.3) is 10.8 Å². The number of hydrogen-bond donors (Lipinski definition) is 0. The minimum atomic E-state index is -0.391. The predicted octanol–water partition coefficient (Wildman–Crippen LogP) is 3.18. The second-order valence-corrected chi connectivity index (χ2v) is 7.48. The Kier molecular flexibility index (Phi) is 3.78. The maximum absolute atomic E-state index is 3.41. The standard InChI is InChI=1S/C16H16Te/c1-16(2,3)11-12-17-15-10-6-8-13-7-4-5-9-14(13)15/h4-10H,1-3H3. The summed E-state index contributed by atoms with van der Waals surface area (Å²) in [6, 6.07) is 15.1. The maximum atomic E-state index is 3.41. The molecule has 0 aliphatic carbocycles. The zero-order valence-corrected chi connectivity index (χ0v) is 12.8. The SMILES string of the molecule is CC(C)(C)C#C[Te]c1cccc2ccccc12. The van der Waals surface area contributed by atoms with E-state index in [1.54, 1.807) is 0 Å². The molecule has 0 atom stereocenters. The number of fused-ring (bicyclic) bond motifs is 1.